The van der Waals surface area contributed by atoms with Gasteiger partial charge in [0.25, 0.3) is 0 Å². The van der Waals surface area contributed by atoms with E-state index in [4.69, 9.17) is 5.11 Å². The van der Waals surface area contributed by atoms with Crippen LogP contribution in [-0.4, -0.2) is 47.8 Å². The molecule has 1 aromatic carbocycles. The molecule has 128 valence electrons. The van der Waals surface area contributed by atoms with Gasteiger partial charge in [-0.05, 0) is 18.4 Å². The molecule has 2 N–H and O–H groups in total. The number of amides is 2. The molecule has 8 heteroatoms. The topological polar surface area (TPSA) is 69.6 Å². The van der Waals surface area contributed by atoms with Gasteiger partial charge in [0.05, 0.1) is 0 Å². The molecular formula is C15H19F3N2O3. The van der Waals surface area contributed by atoms with Gasteiger partial charge in [-0.15, -0.1) is 0 Å². The first-order valence-electron chi connectivity index (χ1n) is 7.01. The standard InChI is InChI=1S/C15H19F3N2O3/c1-20(10-15(16,17)18)14(23)19-12(7-8-13(21)22)9-11-5-3-2-4-6-11/h2-6,12H,7-10H2,1H3,(H,19,23)(H,21,22). The fourth-order valence-corrected chi connectivity index (χ4v) is 2.05. The molecule has 0 aromatic heterocycles. The number of carboxylic acid groups (broad SMARTS) is 1. The van der Waals surface area contributed by atoms with E-state index in [1.54, 1.807) is 24.3 Å². The number of alkyl halides is 3. The SMILES string of the molecule is CN(CC(F)(F)F)C(=O)NC(CCC(=O)O)Cc1ccccc1. The van der Waals surface area contributed by atoms with Crippen LogP contribution < -0.4 is 5.32 Å². The lowest BCUT2D eigenvalue weighted by Crippen LogP contribution is -2.47. The Hall–Kier alpha value is -2.25. The molecule has 0 saturated carbocycles. The van der Waals surface area contributed by atoms with Crippen LogP contribution in [0.25, 0.3) is 0 Å². The van der Waals surface area contributed by atoms with Crippen LogP contribution >= 0.6 is 0 Å². The van der Waals surface area contributed by atoms with E-state index in [0.29, 0.717) is 11.3 Å². The maximum atomic E-state index is 12.3. The van der Waals surface area contributed by atoms with Crippen LogP contribution in [0.1, 0.15) is 18.4 Å². The van der Waals surface area contributed by atoms with Crippen molar-refractivity contribution in [3.05, 3.63) is 35.9 Å². The second-order valence-corrected chi connectivity index (χ2v) is 5.24. The number of hydrogen-bond acceptors (Lipinski definition) is 2. The Kier molecular flexibility index (Phi) is 6.87. The summed E-state index contributed by atoms with van der Waals surface area (Å²) in [6.07, 6.45) is -4.18. The maximum absolute atomic E-state index is 12.3. The highest BCUT2D eigenvalue weighted by Crippen LogP contribution is 2.16. The van der Waals surface area contributed by atoms with Gasteiger partial charge in [-0.1, -0.05) is 30.3 Å². The van der Waals surface area contributed by atoms with Gasteiger partial charge in [-0.3, -0.25) is 4.79 Å². The van der Waals surface area contributed by atoms with Crippen molar-refractivity contribution >= 4 is 12.0 Å². The zero-order valence-electron chi connectivity index (χ0n) is 12.6. The number of carbonyl (C=O) groups excluding carboxylic acids is 1. The normalized spacial score (nSPS) is 12.5. The van der Waals surface area contributed by atoms with Gasteiger partial charge >= 0.3 is 18.2 Å². The number of rotatable bonds is 7. The molecule has 0 aliphatic carbocycles. The van der Waals surface area contributed by atoms with E-state index >= 15 is 0 Å². The molecule has 23 heavy (non-hydrogen) atoms. The average molecular weight is 332 g/mol. The van der Waals surface area contributed by atoms with Gasteiger partial charge in [0, 0.05) is 19.5 Å². The summed E-state index contributed by atoms with van der Waals surface area (Å²) in [5.74, 6) is -1.03. The molecule has 1 unspecified atom stereocenters. The first-order chi connectivity index (χ1) is 10.7. The smallest absolute Gasteiger partial charge is 0.406 e. The van der Waals surface area contributed by atoms with Crippen molar-refractivity contribution < 1.29 is 27.9 Å². The molecule has 0 fully saturated rings. The molecule has 0 spiro atoms. The molecule has 2 amide bonds. The number of carboxylic acids is 1. The van der Waals surface area contributed by atoms with Gasteiger partial charge in [0.2, 0.25) is 0 Å². The summed E-state index contributed by atoms with van der Waals surface area (Å²) in [5.41, 5.74) is 0.863. The van der Waals surface area contributed by atoms with Crippen molar-refractivity contribution in [1.82, 2.24) is 10.2 Å². The van der Waals surface area contributed by atoms with Crippen LogP contribution in [0.15, 0.2) is 30.3 Å². The van der Waals surface area contributed by atoms with Crippen molar-refractivity contribution in [3.8, 4) is 0 Å². The summed E-state index contributed by atoms with van der Waals surface area (Å²) in [6.45, 7) is -1.37. The summed E-state index contributed by atoms with van der Waals surface area (Å²) in [5, 5.41) is 11.2. The molecule has 0 aliphatic heterocycles. The highest BCUT2D eigenvalue weighted by atomic mass is 19.4. The van der Waals surface area contributed by atoms with Crippen LogP contribution in [0.3, 0.4) is 0 Å². The summed E-state index contributed by atoms with van der Waals surface area (Å²) < 4.78 is 36.9. The largest absolute Gasteiger partial charge is 0.481 e. The Labute approximate surface area is 132 Å². The fraction of sp³-hybridized carbons (Fsp3) is 0.467. The number of carbonyl (C=O) groups is 2. The highest BCUT2D eigenvalue weighted by Gasteiger charge is 2.31. The molecule has 0 heterocycles. The lowest BCUT2D eigenvalue weighted by molar-refractivity contribution is -0.138. The van der Waals surface area contributed by atoms with Gasteiger partial charge < -0.3 is 15.3 Å². The van der Waals surface area contributed by atoms with Crippen LogP contribution in [0, 0.1) is 0 Å². The number of aliphatic carboxylic acids is 1. The zero-order valence-corrected chi connectivity index (χ0v) is 12.6. The molecule has 1 aromatic rings. The average Bonchev–Trinajstić information content (AvgIpc) is 2.44. The van der Waals surface area contributed by atoms with Crippen molar-refractivity contribution in [2.45, 2.75) is 31.5 Å². The van der Waals surface area contributed by atoms with Crippen LogP contribution in [-0.2, 0) is 11.2 Å². The van der Waals surface area contributed by atoms with Crippen LogP contribution in [0.2, 0.25) is 0 Å². The summed E-state index contributed by atoms with van der Waals surface area (Å²) in [7, 11) is 1.04. The Morgan fingerprint density at radius 1 is 1.26 bits per heavy atom. The van der Waals surface area contributed by atoms with E-state index in [1.165, 1.54) is 0 Å². The van der Waals surface area contributed by atoms with Gasteiger partial charge in [-0.2, -0.15) is 13.2 Å². The molecular weight excluding hydrogens is 313 g/mol. The summed E-state index contributed by atoms with van der Waals surface area (Å²) in [4.78, 5) is 23.1. The Morgan fingerprint density at radius 2 is 1.87 bits per heavy atom. The monoisotopic (exact) mass is 332 g/mol. The van der Waals surface area contributed by atoms with Gasteiger partial charge in [0.1, 0.15) is 6.54 Å². The molecule has 0 aliphatic rings. The van der Waals surface area contributed by atoms with Crippen molar-refractivity contribution in [2.75, 3.05) is 13.6 Å². The second kappa shape index (κ2) is 8.40. The van der Waals surface area contributed by atoms with E-state index < -0.39 is 30.8 Å². The third-order valence-corrected chi connectivity index (χ3v) is 3.12. The third-order valence-electron chi connectivity index (χ3n) is 3.12. The molecule has 0 saturated heterocycles. The quantitative estimate of drug-likeness (QED) is 0.806. The van der Waals surface area contributed by atoms with Crippen molar-refractivity contribution in [1.29, 1.82) is 0 Å². The second-order valence-electron chi connectivity index (χ2n) is 5.24. The summed E-state index contributed by atoms with van der Waals surface area (Å²) in [6, 6.07) is 7.57. The van der Waals surface area contributed by atoms with Gasteiger partial charge in [-0.25, -0.2) is 4.79 Å². The highest BCUT2D eigenvalue weighted by molar-refractivity contribution is 5.74. The number of hydrogen-bond donors (Lipinski definition) is 2. The number of urea groups is 1. The number of nitrogens with one attached hydrogen (secondary N) is 1. The zero-order chi connectivity index (χ0) is 17.5. The third kappa shape index (κ3) is 8.08. The summed E-state index contributed by atoms with van der Waals surface area (Å²) >= 11 is 0. The van der Waals surface area contributed by atoms with E-state index in [9.17, 15) is 22.8 Å². The lowest BCUT2D eigenvalue weighted by Gasteiger charge is -2.24. The van der Waals surface area contributed by atoms with E-state index in [1.807, 2.05) is 6.07 Å². The Bertz CT molecular complexity index is 520. The molecule has 5 nitrogen and oxygen atoms in total. The predicted molar refractivity (Wildman–Crippen MR) is 78.0 cm³/mol. The van der Waals surface area contributed by atoms with Gasteiger partial charge in [0.15, 0.2) is 0 Å². The van der Waals surface area contributed by atoms with Crippen LogP contribution in [0.5, 0.6) is 0 Å². The lowest BCUT2D eigenvalue weighted by atomic mass is 10.0. The first kappa shape index (κ1) is 18.8. The number of nitrogens with zero attached hydrogens (tertiary/aromatic N) is 1. The Balaban J connectivity index is 2.68. The number of benzene rings is 1. The van der Waals surface area contributed by atoms with E-state index in [-0.39, 0.29) is 12.8 Å². The maximum Gasteiger partial charge on any atom is 0.406 e. The molecule has 0 bridgehead atoms. The van der Waals surface area contributed by atoms with E-state index in [0.717, 1.165) is 12.6 Å². The van der Waals surface area contributed by atoms with Crippen molar-refractivity contribution in [2.24, 2.45) is 0 Å². The predicted octanol–water partition coefficient (Wildman–Crippen LogP) is 2.67. The minimum atomic E-state index is -4.48. The molecule has 1 atom stereocenters. The fourth-order valence-electron chi connectivity index (χ4n) is 2.05. The number of halogens is 3. The van der Waals surface area contributed by atoms with Crippen molar-refractivity contribution in [3.63, 3.8) is 0 Å². The van der Waals surface area contributed by atoms with E-state index in [2.05, 4.69) is 5.32 Å². The Morgan fingerprint density at radius 3 is 2.39 bits per heavy atom. The molecule has 1 rings (SSSR count). The first-order valence-corrected chi connectivity index (χ1v) is 7.01. The minimum Gasteiger partial charge on any atom is -0.481 e. The molecule has 0 radical (unpaired) electrons. The minimum absolute atomic E-state index is 0.135. The van der Waals surface area contributed by atoms with Crippen LogP contribution in [0.4, 0.5) is 18.0 Å².